The number of rotatable bonds is 0. The third-order valence-electron chi connectivity index (χ3n) is 2.00. The number of hydrogen-bond acceptors (Lipinski definition) is 0. The van der Waals surface area contributed by atoms with Crippen molar-refractivity contribution in [2.45, 2.75) is 51.4 Å². The van der Waals surface area contributed by atoms with Gasteiger partial charge in [0.25, 0.3) is 0 Å². The van der Waals surface area contributed by atoms with Crippen molar-refractivity contribution in [3.05, 3.63) is 7.43 Å². The van der Waals surface area contributed by atoms with Crippen molar-refractivity contribution < 1.29 is 18.2 Å². The van der Waals surface area contributed by atoms with Gasteiger partial charge in [-0.3, -0.25) is 0 Å². The Hall–Kier alpha value is 0.952. The first-order valence-corrected chi connectivity index (χ1v) is 6.12. The van der Waals surface area contributed by atoms with Crippen LogP contribution in [0.1, 0.15) is 51.4 Å². The molecular weight excluding hydrogens is 250 g/mol. The Morgan fingerprint density at radius 2 is 0.636 bits per heavy atom. The van der Waals surface area contributed by atoms with Gasteiger partial charge < -0.3 is 7.43 Å². The summed E-state index contributed by atoms with van der Waals surface area (Å²) in [7, 11) is 4.49. The molecule has 0 heterocycles. The van der Waals surface area contributed by atoms with Crippen molar-refractivity contribution in [2.75, 3.05) is 0 Å². The van der Waals surface area contributed by atoms with Crippen LogP contribution in [0, 0.1) is 7.43 Å². The summed E-state index contributed by atoms with van der Waals surface area (Å²) in [5.41, 5.74) is 0. The quantitative estimate of drug-likeness (QED) is 0.455. The first kappa shape index (κ1) is 14.5. The zero-order valence-electron chi connectivity index (χ0n) is 7.35. The monoisotopic (exact) mass is 268 g/mol. The van der Waals surface area contributed by atoms with E-state index in [2.05, 4.69) is 27.7 Å². The molecular formula is C9H19ClPd. The number of hydrogen-bond donors (Lipinski definition) is 0. The van der Waals surface area contributed by atoms with Crippen molar-refractivity contribution in [1.29, 1.82) is 0 Å². The van der Waals surface area contributed by atoms with Gasteiger partial charge in [0.1, 0.15) is 0 Å². The average Bonchev–Trinajstić information content (AvgIpc) is 1.90. The molecule has 0 bridgehead atoms. The fourth-order valence-electron chi connectivity index (χ4n) is 1.41. The summed E-state index contributed by atoms with van der Waals surface area (Å²) in [6.07, 6.45) is 12.0. The van der Waals surface area contributed by atoms with Crippen molar-refractivity contribution in [3.8, 4) is 0 Å². The van der Waals surface area contributed by atoms with Gasteiger partial charge in [-0.1, -0.05) is 51.4 Å². The van der Waals surface area contributed by atoms with Gasteiger partial charge in [-0.25, -0.2) is 0 Å². The molecule has 0 aromatic heterocycles. The molecule has 0 unspecified atom stereocenters. The second-order valence-electron chi connectivity index (χ2n) is 2.83. The summed E-state index contributed by atoms with van der Waals surface area (Å²) < 4.78 is 0. The summed E-state index contributed by atoms with van der Waals surface area (Å²) in [5.74, 6) is 0. The molecule has 0 radical (unpaired) electrons. The first-order chi connectivity index (χ1) is 5.00. The first-order valence-electron chi connectivity index (χ1n) is 4.12. The van der Waals surface area contributed by atoms with E-state index in [1.165, 1.54) is 51.4 Å². The van der Waals surface area contributed by atoms with E-state index in [9.17, 15) is 0 Å². The van der Waals surface area contributed by atoms with Crippen LogP contribution in [0.5, 0.6) is 0 Å². The average molecular weight is 269 g/mol. The molecule has 0 aliphatic heterocycles. The van der Waals surface area contributed by atoms with Crippen molar-refractivity contribution in [3.63, 3.8) is 0 Å². The predicted octanol–water partition coefficient (Wildman–Crippen LogP) is 4.26. The van der Waals surface area contributed by atoms with Crippen LogP contribution < -0.4 is 0 Å². The van der Waals surface area contributed by atoms with Crippen molar-refractivity contribution >= 4 is 9.53 Å². The van der Waals surface area contributed by atoms with Crippen molar-refractivity contribution in [2.24, 2.45) is 0 Å². The predicted molar refractivity (Wildman–Crippen MR) is 49.2 cm³/mol. The SMILES string of the molecule is C1CCCCCCC1.[CH3-].[Cl][Pd+]. The van der Waals surface area contributed by atoms with Crippen LogP contribution in [-0.2, 0) is 18.2 Å². The summed E-state index contributed by atoms with van der Waals surface area (Å²) in [6, 6.07) is 0. The molecule has 1 saturated carbocycles. The summed E-state index contributed by atoms with van der Waals surface area (Å²) >= 11 is 2.22. The van der Waals surface area contributed by atoms with Gasteiger partial charge in [0.2, 0.25) is 0 Å². The van der Waals surface area contributed by atoms with Crippen LogP contribution in [0.2, 0.25) is 0 Å². The van der Waals surface area contributed by atoms with Crippen LogP contribution in [-0.4, -0.2) is 0 Å². The molecule has 0 N–H and O–H groups in total. The molecule has 1 aliphatic rings. The van der Waals surface area contributed by atoms with Gasteiger partial charge in [-0.2, -0.15) is 0 Å². The van der Waals surface area contributed by atoms with E-state index < -0.39 is 0 Å². The number of halogens is 1. The van der Waals surface area contributed by atoms with Gasteiger partial charge in [0.15, 0.2) is 0 Å². The second kappa shape index (κ2) is 13.5. The Bertz CT molecular complexity index is 33.5. The molecule has 2 heteroatoms. The van der Waals surface area contributed by atoms with E-state index in [1.54, 1.807) is 0 Å². The van der Waals surface area contributed by atoms with Gasteiger partial charge in [-0.15, -0.1) is 0 Å². The fraction of sp³-hybridized carbons (Fsp3) is 0.889. The van der Waals surface area contributed by atoms with Crippen LogP contribution in [0.4, 0.5) is 0 Å². The summed E-state index contributed by atoms with van der Waals surface area (Å²) in [5, 5.41) is 0. The maximum absolute atomic E-state index is 4.49. The summed E-state index contributed by atoms with van der Waals surface area (Å²) in [4.78, 5) is 0. The van der Waals surface area contributed by atoms with E-state index in [-0.39, 0.29) is 7.43 Å². The Kier molecular flexibility index (Phi) is 17.8. The van der Waals surface area contributed by atoms with Gasteiger partial charge in [-0.05, 0) is 0 Å². The molecule has 0 saturated heterocycles. The third-order valence-corrected chi connectivity index (χ3v) is 2.00. The molecule has 0 atom stereocenters. The van der Waals surface area contributed by atoms with Gasteiger partial charge in [0.05, 0.1) is 0 Å². The Morgan fingerprint density at radius 1 is 0.545 bits per heavy atom. The molecule has 0 nitrogen and oxygen atoms in total. The van der Waals surface area contributed by atoms with Gasteiger partial charge in [0, 0.05) is 0 Å². The molecule has 0 aromatic carbocycles. The molecule has 0 aromatic rings. The van der Waals surface area contributed by atoms with Crippen LogP contribution in [0.25, 0.3) is 0 Å². The maximum atomic E-state index is 4.49. The minimum atomic E-state index is 0. The van der Waals surface area contributed by atoms with E-state index in [4.69, 9.17) is 0 Å². The van der Waals surface area contributed by atoms with Crippen LogP contribution in [0.3, 0.4) is 0 Å². The van der Waals surface area contributed by atoms with Crippen molar-refractivity contribution in [1.82, 2.24) is 0 Å². The van der Waals surface area contributed by atoms with Gasteiger partial charge >= 0.3 is 27.7 Å². The Labute approximate surface area is 86.5 Å². The van der Waals surface area contributed by atoms with E-state index in [0.717, 1.165) is 0 Å². The molecule has 1 aliphatic carbocycles. The molecule has 11 heavy (non-hydrogen) atoms. The summed E-state index contributed by atoms with van der Waals surface area (Å²) in [6.45, 7) is 0. The van der Waals surface area contributed by atoms with E-state index >= 15 is 0 Å². The zero-order valence-corrected chi connectivity index (χ0v) is 9.66. The second-order valence-corrected chi connectivity index (χ2v) is 2.83. The van der Waals surface area contributed by atoms with Crippen LogP contribution in [0.15, 0.2) is 0 Å². The minimum absolute atomic E-state index is 0. The Morgan fingerprint density at radius 3 is 0.727 bits per heavy atom. The molecule has 1 rings (SSSR count). The standard InChI is InChI=1S/C8H16.CH3.ClH.Pd/c1-2-4-6-8-7-5-3-1;;;/h1-8H2;1H3;1H;/q;-1;;+2/p-1. The van der Waals surface area contributed by atoms with Crippen LogP contribution >= 0.6 is 9.53 Å². The normalized spacial score (nSPS) is 18.1. The molecule has 0 amide bonds. The zero-order chi connectivity index (χ0) is 7.66. The third kappa shape index (κ3) is 11.0. The van der Waals surface area contributed by atoms with E-state index in [1.807, 2.05) is 0 Å². The topological polar surface area (TPSA) is 0 Å². The fourth-order valence-corrected chi connectivity index (χ4v) is 1.41. The van der Waals surface area contributed by atoms with E-state index in [0.29, 0.717) is 0 Å². The molecule has 0 spiro atoms. The molecule has 72 valence electrons. The Balaban J connectivity index is 0. The molecule has 1 fully saturated rings.